The number of thiophene rings is 2. The van der Waals surface area contributed by atoms with E-state index in [0.717, 1.165) is 75.5 Å². The number of aromatic nitrogens is 4. The number of para-hydroxylation sites is 1. The molecule has 0 aliphatic rings. The van der Waals surface area contributed by atoms with Crippen LogP contribution in [0.15, 0.2) is 199 Å². The Bertz CT molecular complexity index is 4420. The molecule has 0 unspecified atom stereocenters. The van der Waals surface area contributed by atoms with E-state index >= 15 is 0 Å². The molecule has 0 fully saturated rings. The second-order valence-electron chi connectivity index (χ2n) is 17.1. The maximum absolute atomic E-state index is 7.18. The van der Waals surface area contributed by atoms with Gasteiger partial charge in [-0.2, -0.15) is 0 Å². The highest BCUT2D eigenvalue weighted by molar-refractivity contribution is 7.26. The molecule has 66 heavy (non-hydrogen) atoms. The minimum absolute atomic E-state index is 0.544. The lowest BCUT2D eigenvalue weighted by Gasteiger charge is -2.15. The van der Waals surface area contributed by atoms with E-state index in [9.17, 15) is 0 Å². The van der Waals surface area contributed by atoms with Gasteiger partial charge in [0.05, 0.1) is 22.3 Å². The van der Waals surface area contributed by atoms with E-state index in [-0.39, 0.29) is 0 Å². The van der Waals surface area contributed by atoms with Crippen LogP contribution in [0.5, 0.6) is 0 Å². The van der Waals surface area contributed by atoms with Crippen molar-refractivity contribution in [3.63, 3.8) is 0 Å². The summed E-state index contributed by atoms with van der Waals surface area (Å²) in [6.07, 6.45) is 0. The molecule has 0 spiro atoms. The van der Waals surface area contributed by atoms with Gasteiger partial charge in [-0.05, 0) is 88.3 Å². The van der Waals surface area contributed by atoms with Crippen LogP contribution >= 0.6 is 22.7 Å². The second kappa shape index (κ2) is 13.6. The highest BCUT2D eigenvalue weighted by Crippen LogP contribution is 2.46. The largest absolute Gasteiger partial charge is 0.455 e. The molecule has 306 valence electrons. The predicted octanol–water partition coefficient (Wildman–Crippen LogP) is 16.9. The molecule has 0 bridgehead atoms. The van der Waals surface area contributed by atoms with Gasteiger partial charge in [-0.25, -0.2) is 15.0 Å². The van der Waals surface area contributed by atoms with Gasteiger partial charge in [0, 0.05) is 73.0 Å². The fraction of sp³-hybridized carbons (Fsp3) is 0. The molecule has 5 aromatic heterocycles. The zero-order chi connectivity index (χ0) is 43.0. The number of furan rings is 1. The molecule has 15 aromatic rings. The molecule has 0 atom stereocenters. The molecule has 0 saturated heterocycles. The first-order valence-corrected chi connectivity index (χ1v) is 23.7. The van der Waals surface area contributed by atoms with Crippen LogP contribution in [0.3, 0.4) is 0 Å². The number of benzene rings is 10. The molecule has 5 nitrogen and oxygen atoms in total. The average Bonchev–Trinajstić information content (AvgIpc) is 4.13. The molecule has 0 aliphatic carbocycles. The molecule has 0 N–H and O–H groups in total. The highest BCUT2D eigenvalue weighted by atomic mass is 32.1. The standard InChI is InChI=1S/C59H32N4OS2/c1-3-15-35-31-49-45(29-33(35)13-1)37-17-5-8-24-47(37)63(49)48-28-27-40-46-30-34-14-2-4-16-36(34)32-50(46)64-54(40)53(48)59-61-57(43-22-11-20-41-38-18-6-9-25-51(38)65-55(41)43)60-58(62-59)44-23-12-21-42-39-19-7-10-26-52(39)66-56(42)44/h1-32H. The molecule has 7 heteroatoms. The van der Waals surface area contributed by atoms with Gasteiger partial charge in [0.1, 0.15) is 11.2 Å². The lowest BCUT2D eigenvalue weighted by molar-refractivity contribution is 0.669. The van der Waals surface area contributed by atoms with Gasteiger partial charge in [0.15, 0.2) is 17.5 Å². The van der Waals surface area contributed by atoms with Crippen LogP contribution in [0.4, 0.5) is 0 Å². The Hall–Kier alpha value is -8.23. The summed E-state index contributed by atoms with van der Waals surface area (Å²) in [5.74, 6) is 1.77. The van der Waals surface area contributed by atoms with Crippen molar-refractivity contribution < 1.29 is 4.42 Å². The normalized spacial score (nSPS) is 12.2. The summed E-state index contributed by atoms with van der Waals surface area (Å²) in [5.41, 5.74) is 7.39. The third-order valence-electron chi connectivity index (χ3n) is 13.4. The van der Waals surface area contributed by atoms with Crippen molar-refractivity contribution >= 4 is 128 Å². The lowest BCUT2D eigenvalue weighted by atomic mass is 10.0. The Morgan fingerprint density at radius 2 is 0.879 bits per heavy atom. The molecular formula is C59H32N4OS2. The number of fused-ring (bicyclic) bond motifs is 14. The van der Waals surface area contributed by atoms with Crippen LogP contribution in [0, 0.1) is 0 Å². The van der Waals surface area contributed by atoms with Gasteiger partial charge >= 0.3 is 0 Å². The van der Waals surface area contributed by atoms with E-state index in [2.05, 4.69) is 199 Å². The summed E-state index contributed by atoms with van der Waals surface area (Å²) in [4.78, 5) is 16.7. The molecule has 0 saturated carbocycles. The van der Waals surface area contributed by atoms with Gasteiger partial charge in [-0.1, -0.05) is 127 Å². The first-order chi connectivity index (χ1) is 32.7. The van der Waals surface area contributed by atoms with E-state index in [1.807, 2.05) is 0 Å². The minimum Gasteiger partial charge on any atom is -0.455 e. The maximum Gasteiger partial charge on any atom is 0.170 e. The summed E-state index contributed by atoms with van der Waals surface area (Å²) < 4.78 is 14.3. The number of nitrogens with zero attached hydrogens (tertiary/aromatic N) is 4. The van der Waals surface area contributed by atoms with Crippen molar-refractivity contribution in [2.45, 2.75) is 0 Å². The first kappa shape index (κ1) is 36.1. The van der Waals surface area contributed by atoms with E-state index in [1.165, 1.54) is 52.5 Å². The number of hydrogen-bond donors (Lipinski definition) is 0. The summed E-state index contributed by atoms with van der Waals surface area (Å²) in [5, 5.41) is 13.9. The monoisotopic (exact) mass is 876 g/mol. The van der Waals surface area contributed by atoms with Gasteiger partial charge in [0.25, 0.3) is 0 Å². The van der Waals surface area contributed by atoms with Crippen molar-refractivity contribution in [2.75, 3.05) is 0 Å². The van der Waals surface area contributed by atoms with E-state index in [1.54, 1.807) is 22.7 Å². The van der Waals surface area contributed by atoms with Crippen molar-refractivity contribution in [1.82, 2.24) is 19.5 Å². The molecule has 10 aromatic carbocycles. The van der Waals surface area contributed by atoms with E-state index in [0.29, 0.717) is 17.5 Å². The summed E-state index contributed by atoms with van der Waals surface area (Å²) >= 11 is 3.56. The lowest BCUT2D eigenvalue weighted by Crippen LogP contribution is -2.04. The quantitative estimate of drug-likeness (QED) is 0.177. The van der Waals surface area contributed by atoms with E-state index in [4.69, 9.17) is 19.4 Å². The highest BCUT2D eigenvalue weighted by Gasteiger charge is 2.26. The molecule has 0 radical (unpaired) electrons. The smallest absolute Gasteiger partial charge is 0.170 e. The Labute approximate surface area is 384 Å². The van der Waals surface area contributed by atoms with E-state index < -0.39 is 0 Å². The number of hydrogen-bond acceptors (Lipinski definition) is 6. The fourth-order valence-corrected chi connectivity index (χ4v) is 12.8. The average molecular weight is 877 g/mol. The van der Waals surface area contributed by atoms with Crippen LogP contribution in [0.1, 0.15) is 0 Å². The fourth-order valence-electron chi connectivity index (χ4n) is 10.4. The summed E-state index contributed by atoms with van der Waals surface area (Å²) in [7, 11) is 0. The summed E-state index contributed by atoms with van der Waals surface area (Å²) in [6, 6.07) is 69.5. The topological polar surface area (TPSA) is 56.7 Å². The van der Waals surface area contributed by atoms with Gasteiger partial charge < -0.3 is 8.98 Å². The Morgan fingerprint density at radius 3 is 1.53 bits per heavy atom. The van der Waals surface area contributed by atoms with Crippen LogP contribution in [0.2, 0.25) is 0 Å². The Morgan fingerprint density at radius 1 is 0.364 bits per heavy atom. The minimum atomic E-state index is 0.544. The first-order valence-electron chi connectivity index (χ1n) is 22.1. The molecule has 0 amide bonds. The Kier molecular flexibility index (Phi) is 7.47. The molecular weight excluding hydrogens is 845 g/mol. The van der Waals surface area contributed by atoms with Crippen molar-refractivity contribution in [3.8, 4) is 39.9 Å². The predicted molar refractivity (Wildman–Crippen MR) is 279 cm³/mol. The SMILES string of the molecule is c1ccc2cc3c(cc2c1)oc1c(-c2nc(-c4cccc5c4sc4ccccc45)nc(-c4cccc5c4sc4ccccc45)n2)c(-n2c4ccccc4c4cc5ccccc5cc42)ccc13. The van der Waals surface area contributed by atoms with Gasteiger partial charge in [0.2, 0.25) is 0 Å². The van der Waals surface area contributed by atoms with Crippen molar-refractivity contribution in [1.29, 1.82) is 0 Å². The molecule has 0 aliphatic heterocycles. The Balaban J connectivity index is 1.11. The zero-order valence-electron chi connectivity index (χ0n) is 35.0. The van der Waals surface area contributed by atoms with Crippen LogP contribution < -0.4 is 0 Å². The maximum atomic E-state index is 7.18. The number of rotatable bonds is 4. The van der Waals surface area contributed by atoms with Crippen LogP contribution in [-0.4, -0.2) is 19.5 Å². The molecule has 15 rings (SSSR count). The van der Waals surface area contributed by atoms with Gasteiger partial charge in [-0.15, -0.1) is 22.7 Å². The van der Waals surface area contributed by atoms with Crippen LogP contribution in [-0.2, 0) is 0 Å². The second-order valence-corrected chi connectivity index (χ2v) is 19.2. The van der Waals surface area contributed by atoms with Crippen molar-refractivity contribution in [3.05, 3.63) is 194 Å². The van der Waals surface area contributed by atoms with Crippen LogP contribution in [0.25, 0.3) is 145 Å². The third kappa shape index (κ3) is 5.18. The van der Waals surface area contributed by atoms with Crippen molar-refractivity contribution in [2.24, 2.45) is 0 Å². The summed E-state index contributed by atoms with van der Waals surface area (Å²) in [6.45, 7) is 0. The molecule has 5 heterocycles. The van der Waals surface area contributed by atoms with Gasteiger partial charge in [-0.3, -0.25) is 0 Å². The third-order valence-corrected chi connectivity index (χ3v) is 15.9. The zero-order valence-corrected chi connectivity index (χ0v) is 36.6.